The average molecular weight is 292 g/mol. The summed E-state index contributed by atoms with van der Waals surface area (Å²) in [6, 6.07) is 18.5. The van der Waals surface area contributed by atoms with E-state index in [-0.39, 0.29) is 0 Å². The van der Waals surface area contributed by atoms with Crippen molar-refractivity contribution in [1.29, 1.82) is 0 Å². The molecule has 3 heteroatoms. The second-order valence-electron chi connectivity index (χ2n) is 5.46. The summed E-state index contributed by atoms with van der Waals surface area (Å²) in [6.45, 7) is 3.41. The molecule has 0 amide bonds. The predicted octanol–water partition coefficient (Wildman–Crippen LogP) is 3.34. The molecule has 0 fully saturated rings. The van der Waals surface area contributed by atoms with Crippen LogP contribution in [-0.4, -0.2) is 19.0 Å². The van der Waals surface area contributed by atoms with Crippen molar-refractivity contribution in [3.8, 4) is 0 Å². The molecule has 0 atom stereocenters. The zero-order valence-electron chi connectivity index (χ0n) is 12.8. The van der Waals surface area contributed by atoms with Gasteiger partial charge in [-0.1, -0.05) is 60.2 Å². The molecule has 2 aromatic carbocycles. The molecule has 22 heavy (non-hydrogen) atoms. The first-order valence-corrected chi connectivity index (χ1v) is 7.51. The van der Waals surface area contributed by atoms with Crippen molar-refractivity contribution in [2.75, 3.05) is 13.2 Å². The van der Waals surface area contributed by atoms with Crippen LogP contribution < -0.4 is 5.73 Å². The summed E-state index contributed by atoms with van der Waals surface area (Å²) in [4.78, 5) is 4.45. The number of hydrogen-bond donors (Lipinski definition) is 1. The largest absolute Gasteiger partial charge is 0.476 e. The fraction of sp³-hybridized carbons (Fsp3) is 0.211. The molecule has 0 radical (unpaired) electrons. The lowest BCUT2D eigenvalue weighted by molar-refractivity contribution is 0.347. The molecule has 3 nitrogen and oxygen atoms in total. The summed E-state index contributed by atoms with van der Waals surface area (Å²) in [5.74, 6) is 0.682. The number of aliphatic imine (C=N–C) groups is 1. The molecular weight excluding hydrogens is 272 g/mol. The van der Waals surface area contributed by atoms with Crippen molar-refractivity contribution in [1.82, 2.24) is 0 Å². The lowest BCUT2D eigenvalue weighted by atomic mass is 9.99. The molecule has 2 N–H and O–H groups in total. The van der Waals surface area contributed by atoms with Crippen molar-refractivity contribution in [3.63, 3.8) is 0 Å². The van der Waals surface area contributed by atoms with Crippen molar-refractivity contribution in [2.45, 2.75) is 13.3 Å². The lowest BCUT2D eigenvalue weighted by Crippen LogP contribution is -2.13. The third kappa shape index (κ3) is 3.19. The van der Waals surface area contributed by atoms with E-state index in [2.05, 4.69) is 36.2 Å². The monoisotopic (exact) mass is 292 g/mol. The Morgan fingerprint density at radius 3 is 2.45 bits per heavy atom. The molecule has 1 heterocycles. The molecule has 112 valence electrons. The van der Waals surface area contributed by atoms with Gasteiger partial charge in [-0.05, 0) is 18.1 Å². The SMILES string of the molecule is Cc1ccc(/C(N)=C(/Cc2ccccc2)C2=NCCO2)cc1. The van der Waals surface area contributed by atoms with Crippen LogP contribution in [0.4, 0.5) is 0 Å². The summed E-state index contributed by atoms with van der Waals surface area (Å²) >= 11 is 0. The normalized spacial score (nSPS) is 15.0. The standard InChI is InChI=1S/C19H20N2O/c1-14-7-9-16(10-8-14)18(20)17(19-21-11-12-22-19)13-15-5-3-2-4-6-15/h2-10H,11-13,20H2,1H3/b18-17+. The fourth-order valence-corrected chi connectivity index (χ4v) is 2.51. The molecule has 1 aliphatic rings. The van der Waals surface area contributed by atoms with E-state index in [0.717, 1.165) is 23.3 Å². The number of benzene rings is 2. The van der Waals surface area contributed by atoms with Crippen molar-refractivity contribution in [2.24, 2.45) is 10.7 Å². The first-order chi connectivity index (χ1) is 10.7. The Bertz CT molecular complexity index is 700. The Balaban J connectivity index is 2.00. The molecule has 0 aromatic heterocycles. The zero-order valence-corrected chi connectivity index (χ0v) is 12.8. The van der Waals surface area contributed by atoms with Gasteiger partial charge in [-0.25, -0.2) is 4.99 Å². The van der Waals surface area contributed by atoms with Crippen LogP contribution in [-0.2, 0) is 11.2 Å². The molecule has 0 saturated carbocycles. The number of ether oxygens (including phenoxy) is 1. The van der Waals surface area contributed by atoms with E-state index < -0.39 is 0 Å². The maximum atomic E-state index is 6.44. The van der Waals surface area contributed by atoms with Gasteiger partial charge in [0.15, 0.2) is 0 Å². The third-order valence-corrected chi connectivity index (χ3v) is 3.76. The van der Waals surface area contributed by atoms with E-state index >= 15 is 0 Å². The molecule has 0 bridgehead atoms. The van der Waals surface area contributed by atoms with Gasteiger partial charge in [-0.3, -0.25) is 0 Å². The molecule has 0 spiro atoms. The highest BCUT2D eigenvalue weighted by molar-refractivity contribution is 6.01. The minimum absolute atomic E-state index is 0.634. The molecule has 0 saturated heterocycles. The van der Waals surface area contributed by atoms with Gasteiger partial charge >= 0.3 is 0 Å². The second-order valence-corrected chi connectivity index (χ2v) is 5.46. The van der Waals surface area contributed by atoms with Gasteiger partial charge in [0.1, 0.15) is 6.61 Å². The maximum absolute atomic E-state index is 6.44. The quantitative estimate of drug-likeness (QED) is 0.939. The van der Waals surface area contributed by atoms with E-state index in [4.69, 9.17) is 10.5 Å². The van der Waals surface area contributed by atoms with Crippen LogP contribution in [0.25, 0.3) is 5.70 Å². The first-order valence-electron chi connectivity index (χ1n) is 7.51. The van der Waals surface area contributed by atoms with Crippen LogP contribution in [0.2, 0.25) is 0 Å². The minimum Gasteiger partial charge on any atom is -0.476 e. The maximum Gasteiger partial charge on any atom is 0.214 e. The topological polar surface area (TPSA) is 47.6 Å². The van der Waals surface area contributed by atoms with Gasteiger partial charge in [0.25, 0.3) is 0 Å². The predicted molar refractivity (Wildman–Crippen MR) is 90.7 cm³/mol. The molecule has 1 aliphatic heterocycles. The van der Waals surface area contributed by atoms with Crippen LogP contribution in [0.1, 0.15) is 16.7 Å². The fourth-order valence-electron chi connectivity index (χ4n) is 2.51. The van der Waals surface area contributed by atoms with Gasteiger partial charge in [0.05, 0.1) is 6.54 Å². The summed E-state index contributed by atoms with van der Waals surface area (Å²) < 4.78 is 5.67. The van der Waals surface area contributed by atoms with Crippen molar-refractivity contribution < 1.29 is 4.74 Å². The van der Waals surface area contributed by atoms with E-state index in [9.17, 15) is 0 Å². The molecule has 0 aliphatic carbocycles. The first kappa shape index (κ1) is 14.4. The third-order valence-electron chi connectivity index (χ3n) is 3.76. The van der Waals surface area contributed by atoms with Crippen LogP contribution in [0.5, 0.6) is 0 Å². The van der Waals surface area contributed by atoms with E-state index in [0.29, 0.717) is 19.0 Å². The number of rotatable bonds is 4. The minimum atomic E-state index is 0.634. The second kappa shape index (κ2) is 6.48. The zero-order chi connectivity index (χ0) is 15.4. The average Bonchev–Trinajstić information content (AvgIpc) is 3.08. The number of nitrogens with two attached hydrogens (primary N) is 1. The van der Waals surface area contributed by atoms with Crippen LogP contribution >= 0.6 is 0 Å². The van der Waals surface area contributed by atoms with Gasteiger partial charge in [0.2, 0.25) is 5.90 Å². The molecule has 0 unspecified atom stereocenters. The van der Waals surface area contributed by atoms with E-state index in [1.165, 1.54) is 11.1 Å². The summed E-state index contributed by atoms with van der Waals surface area (Å²) in [5.41, 5.74) is 11.6. The van der Waals surface area contributed by atoms with Crippen LogP contribution in [0.15, 0.2) is 65.2 Å². The summed E-state index contributed by atoms with van der Waals surface area (Å²) in [5, 5.41) is 0. The van der Waals surface area contributed by atoms with Crippen molar-refractivity contribution >= 4 is 11.6 Å². The Morgan fingerprint density at radius 1 is 1.09 bits per heavy atom. The van der Waals surface area contributed by atoms with E-state index in [1.54, 1.807) is 0 Å². The Hall–Kier alpha value is -2.55. The Morgan fingerprint density at radius 2 is 1.82 bits per heavy atom. The highest BCUT2D eigenvalue weighted by atomic mass is 16.5. The number of hydrogen-bond acceptors (Lipinski definition) is 3. The van der Waals surface area contributed by atoms with Crippen LogP contribution in [0, 0.1) is 6.92 Å². The number of aryl methyl sites for hydroxylation is 1. The molecular formula is C19H20N2O. The lowest BCUT2D eigenvalue weighted by Gasteiger charge is -2.13. The van der Waals surface area contributed by atoms with Gasteiger partial charge < -0.3 is 10.5 Å². The summed E-state index contributed by atoms with van der Waals surface area (Å²) in [7, 11) is 0. The highest BCUT2D eigenvalue weighted by Gasteiger charge is 2.18. The molecule has 2 aromatic rings. The van der Waals surface area contributed by atoms with Gasteiger partial charge in [-0.15, -0.1) is 0 Å². The van der Waals surface area contributed by atoms with E-state index in [1.807, 2.05) is 30.3 Å². The van der Waals surface area contributed by atoms with Gasteiger partial charge in [-0.2, -0.15) is 0 Å². The highest BCUT2D eigenvalue weighted by Crippen LogP contribution is 2.21. The Kier molecular flexibility index (Phi) is 4.24. The summed E-state index contributed by atoms with van der Waals surface area (Å²) in [6.07, 6.45) is 0.722. The molecule has 3 rings (SSSR count). The Labute approximate surface area is 131 Å². The number of nitrogens with zero attached hydrogens (tertiary/aromatic N) is 1. The van der Waals surface area contributed by atoms with Crippen LogP contribution in [0.3, 0.4) is 0 Å². The van der Waals surface area contributed by atoms with Crippen molar-refractivity contribution in [3.05, 3.63) is 76.9 Å². The van der Waals surface area contributed by atoms with Gasteiger partial charge in [0, 0.05) is 17.7 Å². The smallest absolute Gasteiger partial charge is 0.214 e.